The number of fused-ring (bicyclic) bond motifs is 1. The van der Waals surface area contributed by atoms with Crippen LogP contribution in [0.4, 0.5) is 0 Å². The molecule has 0 saturated carbocycles. The van der Waals surface area contributed by atoms with Crippen LogP contribution in [-0.4, -0.2) is 36.5 Å². The van der Waals surface area contributed by atoms with Gasteiger partial charge in [0.15, 0.2) is 0 Å². The molecule has 21 heavy (non-hydrogen) atoms. The molecule has 0 radical (unpaired) electrons. The van der Waals surface area contributed by atoms with Gasteiger partial charge in [0.2, 0.25) is 5.91 Å². The van der Waals surface area contributed by atoms with E-state index < -0.39 is 0 Å². The number of aryl methyl sites for hydroxylation is 2. The Morgan fingerprint density at radius 1 is 1.43 bits per heavy atom. The fourth-order valence-corrected chi connectivity index (χ4v) is 3.00. The Bertz CT molecular complexity index is 675. The first-order valence-electron chi connectivity index (χ1n) is 7.54. The van der Waals surface area contributed by atoms with Crippen LogP contribution in [0.1, 0.15) is 23.6 Å². The van der Waals surface area contributed by atoms with Gasteiger partial charge in [0.05, 0.1) is 12.7 Å². The molecule has 2 heterocycles. The number of furan rings is 1. The summed E-state index contributed by atoms with van der Waals surface area (Å²) in [6.45, 7) is 8.76. The lowest BCUT2D eigenvalue weighted by atomic mass is 10.0. The summed E-state index contributed by atoms with van der Waals surface area (Å²) in [5.74, 6) is 0.185. The maximum atomic E-state index is 12.5. The number of hydrogen-bond acceptors (Lipinski definition) is 3. The lowest BCUT2D eigenvalue weighted by Gasteiger charge is -2.34. The highest BCUT2D eigenvalue weighted by atomic mass is 16.3. The Labute approximate surface area is 125 Å². The molecule has 1 fully saturated rings. The highest BCUT2D eigenvalue weighted by Gasteiger charge is 2.24. The second-order valence-corrected chi connectivity index (χ2v) is 5.96. The summed E-state index contributed by atoms with van der Waals surface area (Å²) in [4.78, 5) is 14.5. The summed E-state index contributed by atoms with van der Waals surface area (Å²) in [7, 11) is 0. The second kappa shape index (κ2) is 5.53. The van der Waals surface area contributed by atoms with Crippen LogP contribution in [0.2, 0.25) is 0 Å². The van der Waals surface area contributed by atoms with Gasteiger partial charge < -0.3 is 14.6 Å². The normalized spacial score (nSPS) is 19.2. The predicted molar refractivity (Wildman–Crippen MR) is 83.4 cm³/mol. The first-order chi connectivity index (χ1) is 10.1. The summed E-state index contributed by atoms with van der Waals surface area (Å²) in [5, 5.41) is 4.37. The number of piperazine rings is 1. The van der Waals surface area contributed by atoms with Crippen LogP contribution in [0.3, 0.4) is 0 Å². The number of nitrogens with one attached hydrogen (secondary N) is 1. The number of amides is 1. The van der Waals surface area contributed by atoms with E-state index in [1.54, 1.807) is 6.26 Å². The summed E-state index contributed by atoms with van der Waals surface area (Å²) >= 11 is 0. The van der Waals surface area contributed by atoms with Crippen molar-refractivity contribution in [2.45, 2.75) is 33.2 Å². The fraction of sp³-hybridized carbons (Fsp3) is 0.471. The summed E-state index contributed by atoms with van der Waals surface area (Å²) in [6, 6.07) is 4.41. The molecule has 1 aliphatic heterocycles. The molecule has 1 N–H and O–H groups in total. The van der Waals surface area contributed by atoms with E-state index in [0.717, 1.165) is 41.7 Å². The molecule has 0 aliphatic carbocycles. The minimum Gasteiger partial charge on any atom is -0.464 e. The molecule has 1 aromatic heterocycles. The molecule has 1 aromatic carbocycles. The van der Waals surface area contributed by atoms with Crippen molar-refractivity contribution in [3.05, 3.63) is 35.1 Å². The summed E-state index contributed by atoms with van der Waals surface area (Å²) in [5.41, 5.74) is 4.27. The second-order valence-electron chi connectivity index (χ2n) is 5.96. The average Bonchev–Trinajstić information content (AvgIpc) is 2.87. The maximum Gasteiger partial charge on any atom is 0.227 e. The van der Waals surface area contributed by atoms with E-state index in [-0.39, 0.29) is 11.9 Å². The molecule has 4 nitrogen and oxygen atoms in total. The summed E-state index contributed by atoms with van der Waals surface area (Å²) in [6.07, 6.45) is 2.15. The van der Waals surface area contributed by atoms with Crippen molar-refractivity contribution >= 4 is 16.9 Å². The van der Waals surface area contributed by atoms with Crippen LogP contribution in [-0.2, 0) is 11.2 Å². The van der Waals surface area contributed by atoms with Crippen molar-refractivity contribution in [3.8, 4) is 0 Å². The Hall–Kier alpha value is -1.81. The van der Waals surface area contributed by atoms with E-state index in [2.05, 4.69) is 38.2 Å². The van der Waals surface area contributed by atoms with E-state index in [9.17, 15) is 4.79 Å². The van der Waals surface area contributed by atoms with Crippen LogP contribution < -0.4 is 5.32 Å². The maximum absolute atomic E-state index is 12.5. The number of hydrogen-bond donors (Lipinski definition) is 1. The predicted octanol–water partition coefficient (Wildman–Crippen LogP) is 2.41. The molecule has 1 amide bonds. The van der Waals surface area contributed by atoms with Gasteiger partial charge in [0.1, 0.15) is 5.58 Å². The molecule has 1 atom stereocenters. The van der Waals surface area contributed by atoms with E-state index in [1.165, 1.54) is 5.56 Å². The third-order valence-corrected chi connectivity index (χ3v) is 4.51. The number of rotatable bonds is 2. The van der Waals surface area contributed by atoms with Crippen LogP contribution in [0, 0.1) is 13.8 Å². The molecule has 1 aliphatic rings. The van der Waals surface area contributed by atoms with Crippen molar-refractivity contribution in [1.29, 1.82) is 0 Å². The molecule has 4 heteroatoms. The molecule has 2 aromatic rings. The lowest BCUT2D eigenvalue weighted by molar-refractivity contribution is -0.133. The Morgan fingerprint density at radius 3 is 3.00 bits per heavy atom. The molecule has 0 spiro atoms. The SMILES string of the molecule is Cc1ccc2c(CC(=O)N3CCNCC3C)coc2c1C. The fourth-order valence-electron chi connectivity index (χ4n) is 3.00. The Balaban J connectivity index is 1.85. The third kappa shape index (κ3) is 2.56. The highest BCUT2D eigenvalue weighted by Crippen LogP contribution is 2.27. The van der Waals surface area contributed by atoms with Gasteiger partial charge in [0.25, 0.3) is 0 Å². The van der Waals surface area contributed by atoms with Gasteiger partial charge in [-0.3, -0.25) is 4.79 Å². The van der Waals surface area contributed by atoms with Gasteiger partial charge in [-0.25, -0.2) is 0 Å². The zero-order chi connectivity index (χ0) is 15.0. The zero-order valence-corrected chi connectivity index (χ0v) is 12.9. The van der Waals surface area contributed by atoms with E-state index >= 15 is 0 Å². The van der Waals surface area contributed by atoms with Gasteiger partial charge in [0, 0.05) is 36.6 Å². The molecule has 3 rings (SSSR count). The van der Waals surface area contributed by atoms with Gasteiger partial charge in [-0.05, 0) is 31.9 Å². The zero-order valence-electron chi connectivity index (χ0n) is 12.9. The first-order valence-corrected chi connectivity index (χ1v) is 7.54. The highest BCUT2D eigenvalue weighted by molar-refractivity contribution is 5.89. The third-order valence-electron chi connectivity index (χ3n) is 4.51. The molecule has 112 valence electrons. The standard InChI is InChI=1S/C17H22N2O2/c1-11-4-5-15-14(10-21-17(15)13(11)3)8-16(20)19-7-6-18-9-12(19)2/h4-5,10,12,18H,6-9H2,1-3H3. The molecule has 1 unspecified atom stereocenters. The van der Waals surface area contributed by atoms with Gasteiger partial charge >= 0.3 is 0 Å². The van der Waals surface area contributed by atoms with Gasteiger partial charge in [-0.15, -0.1) is 0 Å². The van der Waals surface area contributed by atoms with Gasteiger partial charge in [-0.2, -0.15) is 0 Å². The molecule has 1 saturated heterocycles. The van der Waals surface area contributed by atoms with Crippen molar-refractivity contribution in [1.82, 2.24) is 10.2 Å². The van der Waals surface area contributed by atoms with Gasteiger partial charge in [-0.1, -0.05) is 12.1 Å². The monoisotopic (exact) mass is 286 g/mol. The Morgan fingerprint density at radius 2 is 2.24 bits per heavy atom. The number of benzene rings is 1. The van der Waals surface area contributed by atoms with Crippen molar-refractivity contribution in [2.24, 2.45) is 0 Å². The molecular formula is C17H22N2O2. The lowest BCUT2D eigenvalue weighted by Crippen LogP contribution is -2.52. The molecular weight excluding hydrogens is 264 g/mol. The van der Waals surface area contributed by atoms with E-state index in [1.807, 2.05) is 4.90 Å². The Kier molecular flexibility index (Phi) is 3.72. The number of carbonyl (C=O) groups is 1. The smallest absolute Gasteiger partial charge is 0.227 e. The van der Waals surface area contributed by atoms with Crippen LogP contribution in [0.15, 0.2) is 22.8 Å². The van der Waals surface area contributed by atoms with Crippen LogP contribution in [0.5, 0.6) is 0 Å². The number of nitrogens with zero attached hydrogens (tertiary/aromatic N) is 1. The largest absolute Gasteiger partial charge is 0.464 e. The van der Waals surface area contributed by atoms with Crippen molar-refractivity contribution in [3.63, 3.8) is 0 Å². The average molecular weight is 286 g/mol. The van der Waals surface area contributed by atoms with Crippen LogP contribution in [0.25, 0.3) is 11.0 Å². The van der Waals surface area contributed by atoms with Crippen molar-refractivity contribution in [2.75, 3.05) is 19.6 Å². The van der Waals surface area contributed by atoms with E-state index in [4.69, 9.17) is 4.42 Å². The van der Waals surface area contributed by atoms with Crippen LogP contribution >= 0.6 is 0 Å². The quantitative estimate of drug-likeness (QED) is 0.922. The molecule has 0 bridgehead atoms. The summed E-state index contributed by atoms with van der Waals surface area (Å²) < 4.78 is 5.69. The first kappa shape index (κ1) is 14.1. The number of carbonyl (C=O) groups excluding carboxylic acids is 1. The van der Waals surface area contributed by atoms with E-state index in [0.29, 0.717) is 6.42 Å². The minimum atomic E-state index is 0.185. The van der Waals surface area contributed by atoms with Crippen molar-refractivity contribution < 1.29 is 9.21 Å². The minimum absolute atomic E-state index is 0.185. The topological polar surface area (TPSA) is 45.5 Å².